The Labute approximate surface area is 126 Å². The minimum atomic E-state index is -0.791. The SMILES string of the molecule is CC(C)n1cnnc1CCNC(=O)CC1(O)CCCCC1. The first-order chi connectivity index (χ1) is 10.0. The van der Waals surface area contributed by atoms with Crippen LogP contribution in [0.1, 0.15) is 64.2 Å². The van der Waals surface area contributed by atoms with Crippen molar-refractivity contribution in [2.24, 2.45) is 0 Å². The zero-order valence-electron chi connectivity index (χ0n) is 13.0. The molecular weight excluding hydrogens is 268 g/mol. The van der Waals surface area contributed by atoms with Gasteiger partial charge in [0.25, 0.3) is 0 Å². The number of hydrogen-bond acceptors (Lipinski definition) is 4. The first kappa shape index (κ1) is 15.9. The van der Waals surface area contributed by atoms with Gasteiger partial charge in [0.1, 0.15) is 12.2 Å². The van der Waals surface area contributed by atoms with Crippen molar-refractivity contribution < 1.29 is 9.90 Å². The monoisotopic (exact) mass is 294 g/mol. The third kappa shape index (κ3) is 4.52. The summed E-state index contributed by atoms with van der Waals surface area (Å²) in [5, 5.41) is 21.2. The highest BCUT2D eigenvalue weighted by atomic mass is 16.3. The van der Waals surface area contributed by atoms with Gasteiger partial charge in [0.2, 0.25) is 5.91 Å². The van der Waals surface area contributed by atoms with Gasteiger partial charge in [0.05, 0.1) is 12.0 Å². The van der Waals surface area contributed by atoms with Crippen LogP contribution in [0.3, 0.4) is 0 Å². The molecular formula is C15H26N4O2. The number of carbonyl (C=O) groups is 1. The average Bonchev–Trinajstić information content (AvgIpc) is 2.87. The molecule has 1 amide bonds. The van der Waals surface area contributed by atoms with E-state index in [0.29, 0.717) is 19.0 Å². The number of aliphatic hydroxyl groups is 1. The van der Waals surface area contributed by atoms with Crippen LogP contribution in [0.25, 0.3) is 0 Å². The Bertz CT molecular complexity index is 464. The topological polar surface area (TPSA) is 80.0 Å². The molecule has 0 atom stereocenters. The van der Waals surface area contributed by atoms with Crippen molar-refractivity contribution in [2.45, 2.75) is 70.4 Å². The average molecular weight is 294 g/mol. The molecule has 0 radical (unpaired) electrons. The van der Waals surface area contributed by atoms with Crippen LogP contribution < -0.4 is 5.32 Å². The molecule has 0 aromatic carbocycles. The lowest BCUT2D eigenvalue weighted by atomic mass is 9.82. The second kappa shape index (κ2) is 7.02. The number of nitrogens with one attached hydrogen (secondary N) is 1. The molecule has 1 heterocycles. The molecule has 0 bridgehead atoms. The van der Waals surface area contributed by atoms with E-state index in [1.165, 1.54) is 0 Å². The summed E-state index contributed by atoms with van der Waals surface area (Å²) >= 11 is 0. The summed E-state index contributed by atoms with van der Waals surface area (Å²) in [5.41, 5.74) is -0.791. The maximum Gasteiger partial charge on any atom is 0.222 e. The second-order valence-corrected chi connectivity index (χ2v) is 6.31. The minimum absolute atomic E-state index is 0.0741. The van der Waals surface area contributed by atoms with E-state index < -0.39 is 5.60 Å². The van der Waals surface area contributed by atoms with Crippen LogP contribution in [0.4, 0.5) is 0 Å². The zero-order chi connectivity index (χ0) is 15.3. The quantitative estimate of drug-likeness (QED) is 0.835. The molecule has 2 N–H and O–H groups in total. The van der Waals surface area contributed by atoms with Crippen LogP contribution in [0, 0.1) is 0 Å². The Kier molecular flexibility index (Phi) is 5.33. The fraction of sp³-hybridized carbons (Fsp3) is 0.800. The Balaban J connectivity index is 1.75. The van der Waals surface area contributed by atoms with Crippen molar-refractivity contribution in [3.05, 3.63) is 12.2 Å². The van der Waals surface area contributed by atoms with Crippen LogP contribution in [-0.2, 0) is 11.2 Å². The Morgan fingerprint density at radius 3 is 2.81 bits per heavy atom. The predicted octanol–water partition coefficient (Wildman–Crippen LogP) is 1.60. The summed E-state index contributed by atoms with van der Waals surface area (Å²) < 4.78 is 2.00. The third-order valence-electron chi connectivity index (χ3n) is 4.15. The van der Waals surface area contributed by atoms with Crippen molar-refractivity contribution >= 4 is 5.91 Å². The van der Waals surface area contributed by atoms with Gasteiger partial charge in [0.15, 0.2) is 0 Å². The zero-order valence-corrected chi connectivity index (χ0v) is 13.0. The molecule has 0 spiro atoms. The van der Waals surface area contributed by atoms with Crippen LogP contribution in [0.2, 0.25) is 0 Å². The van der Waals surface area contributed by atoms with E-state index in [2.05, 4.69) is 29.4 Å². The van der Waals surface area contributed by atoms with Crippen molar-refractivity contribution in [2.75, 3.05) is 6.54 Å². The molecule has 1 aliphatic carbocycles. The van der Waals surface area contributed by atoms with Gasteiger partial charge in [-0.25, -0.2) is 0 Å². The Morgan fingerprint density at radius 1 is 1.43 bits per heavy atom. The van der Waals surface area contributed by atoms with Gasteiger partial charge in [-0.3, -0.25) is 4.79 Å². The van der Waals surface area contributed by atoms with Gasteiger partial charge < -0.3 is 15.0 Å². The van der Waals surface area contributed by atoms with Gasteiger partial charge in [-0.05, 0) is 26.7 Å². The number of carbonyl (C=O) groups excluding carboxylic acids is 1. The van der Waals surface area contributed by atoms with Crippen LogP contribution in [0.15, 0.2) is 6.33 Å². The molecule has 1 aromatic rings. The number of amides is 1. The predicted molar refractivity (Wildman–Crippen MR) is 79.8 cm³/mol. The summed E-state index contributed by atoms with van der Waals surface area (Å²) in [6.45, 7) is 4.67. The van der Waals surface area contributed by atoms with E-state index in [0.717, 1.165) is 37.9 Å². The minimum Gasteiger partial charge on any atom is -0.389 e. The fourth-order valence-electron chi connectivity index (χ4n) is 2.94. The third-order valence-corrected chi connectivity index (χ3v) is 4.15. The van der Waals surface area contributed by atoms with Gasteiger partial charge in [-0.15, -0.1) is 10.2 Å². The van der Waals surface area contributed by atoms with E-state index in [-0.39, 0.29) is 12.3 Å². The summed E-state index contributed by atoms with van der Waals surface area (Å²) in [6.07, 6.45) is 7.25. The molecule has 1 aromatic heterocycles. The van der Waals surface area contributed by atoms with E-state index in [4.69, 9.17) is 0 Å². The number of hydrogen-bond donors (Lipinski definition) is 2. The lowest BCUT2D eigenvalue weighted by Gasteiger charge is -2.31. The molecule has 1 saturated carbocycles. The Morgan fingerprint density at radius 2 is 2.14 bits per heavy atom. The molecule has 118 valence electrons. The molecule has 21 heavy (non-hydrogen) atoms. The highest BCUT2D eigenvalue weighted by molar-refractivity contribution is 5.77. The standard InChI is InChI=1S/C15H26N4O2/c1-12(2)19-11-17-18-13(19)6-9-16-14(20)10-15(21)7-4-3-5-8-15/h11-12,21H,3-10H2,1-2H3,(H,16,20). The van der Waals surface area contributed by atoms with E-state index in [1.54, 1.807) is 6.33 Å². The van der Waals surface area contributed by atoms with E-state index >= 15 is 0 Å². The van der Waals surface area contributed by atoms with E-state index in [9.17, 15) is 9.90 Å². The van der Waals surface area contributed by atoms with Gasteiger partial charge in [-0.1, -0.05) is 19.3 Å². The molecule has 1 aliphatic rings. The number of rotatable bonds is 6. The summed E-state index contributed by atoms with van der Waals surface area (Å²) in [6, 6.07) is 0.314. The van der Waals surface area contributed by atoms with Crippen LogP contribution >= 0.6 is 0 Å². The van der Waals surface area contributed by atoms with Gasteiger partial charge in [0, 0.05) is 19.0 Å². The molecule has 0 aliphatic heterocycles. The lowest BCUT2D eigenvalue weighted by molar-refractivity contribution is -0.127. The summed E-state index contributed by atoms with van der Waals surface area (Å²) in [4.78, 5) is 11.9. The smallest absolute Gasteiger partial charge is 0.222 e. The summed E-state index contributed by atoms with van der Waals surface area (Å²) in [7, 11) is 0. The first-order valence-electron chi connectivity index (χ1n) is 7.88. The van der Waals surface area contributed by atoms with Crippen molar-refractivity contribution in [3.8, 4) is 0 Å². The van der Waals surface area contributed by atoms with Gasteiger partial charge in [-0.2, -0.15) is 0 Å². The second-order valence-electron chi connectivity index (χ2n) is 6.31. The molecule has 0 saturated heterocycles. The number of nitrogens with zero attached hydrogens (tertiary/aromatic N) is 3. The van der Waals surface area contributed by atoms with Crippen LogP contribution in [0.5, 0.6) is 0 Å². The molecule has 6 nitrogen and oxygen atoms in total. The lowest BCUT2D eigenvalue weighted by Crippen LogP contribution is -2.39. The maximum absolute atomic E-state index is 11.9. The van der Waals surface area contributed by atoms with Crippen molar-refractivity contribution in [3.63, 3.8) is 0 Å². The number of aromatic nitrogens is 3. The van der Waals surface area contributed by atoms with E-state index in [1.807, 2.05) is 4.57 Å². The highest BCUT2D eigenvalue weighted by Gasteiger charge is 2.31. The largest absolute Gasteiger partial charge is 0.389 e. The van der Waals surface area contributed by atoms with Gasteiger partial charge >= 0.3 is 0 Å². The molecule has 1 fully saturated rings. The maximum atomic E-state index is 11.9. The van der Waals surface area contributed by atoms with Crippen LogP contribution in [-0.4, -0.2) is 37.9 Å². The van der Waals surface area contributed by atoms with Crippen molar-refractivity contribution in [1.29, 1.82) is 0 Å². The highest BCUT2D eigenvalue weighted by Crippen LogP contribution is 2.30. The molecule has 2 rings (SSSR count). The normalized spacial score (nSPS) is 17.9. The molecule has 0 unspecified atom stereocenters. The first-order valence-corrected chi connectivity index (χ1v) is 7.88. The molecule has 6 heteroatoms. The Hall–Kier alpha value is -1.43. The fourth-order valence-corrected chi connectivity index (χ4v) is 2.94. The van der Waals surface area contributed by atoms with Crippen molar-refractivity contribution in [1.82, 2.24) is 20.1 Å². The summed E-state index contributed by atoms with van der Waals surface area (Å²) in [5.74, 6) is 0.802.